The molecule has 1 N–H and O–H groups in total. The van der Waals surface area contributed by atoms with Gasteiger partial charge in [0.05, 0.1) is 36.8 Å². The molecule has 0 fully saturated rings. The number of aromatic nitrogens is 3. The first-order valence-corrected chi connectivity index (χ1v) is 6.15. The van der Waals surface area contributed by atoms with Crippen LogP contribution in [0.15, 0.2) is 36.6 Å². The number of nitrogens with one attached hydrogen (secondary N) is 1. The minimum absolute atomic E-state index is 0.145. The van der Waals surface area contributed by atoms with Gasteiger partial charge in [0, 0.05) is 18.0 Å². The Labute approximate surface area is 105 Å². The van der Waals surface area contributed by atoms with Crippen LogP contribution in [0.1, 0.15) is 24.4 Å². The van der Waals surface area contributed by atoms with Gasteiger partial charge in [-0.3, -0.25) is 4.98 Å². The maximum Gasteiger partial charge on any atom is 0.0896 e. The third kappa shape index (κ3) is 1.86. The van der Waals surface area contributed by atoms with E-state index in [0.717, 1.165) is 30.5 Å². The van der Waals surface area contributed by atoms with Gasteiger partial charge in [-0.1, -0.05) is 0 Å². The molecular formula is C13H16N4O. The molecule has 0 aromatic carbocycles. The highest BCUT2D eigenvalue weighted by atomic mass is 16.5. The second kappa shape index (κ2) is 4.78. The number of fused-ring (bicyclic) bond motifs is 1. The highest BCUT2D eigenvalue weighted by Crippen LogP contribution is 2.29. The van der Waals surface area contributed by atoms with Gasteiger partial charge in [-0.05, 0) is 25.5 Å². The van der Waals surface area contributed by atoms with Crippen LogP contribution in [0.25, 0.3) is 5.52 Å². The fourth-order valence-corrected chi connectivity index (χ4v) is 2.41. The zero-order valence-corrected chi connectivity index (χ0v) is 10.3. The normalized spacial score (nSPS) is 17.3. The van der Waals surface area contributed by atoms with E-state index >= 15 is 0 Å². The molecule has 5 nitrogen and oxygen atoms in total. The van der Waals surface area contributed by atoms with Crippen molar-refractivity contribution in [1.29, 1.82) is 0 Å². The molecule has 5 heteroatoms. The Hall–Kier alpha value is -1.88. The molecular weight excluding hydrogens is 228 g/mol. The second-order valence-corrected chi connectivity index (χ2v) is 4.39. The van der Waals surface area contributed by atoms with E-state index < -0.39 is 0 Å². The lowest BCUT2D eigenvalue weighted by Crippen LogP contribution is -2.20. The SMILES string of the molecule is CNC(C1=COCCC1)c1cnn2ccncc12. The predicted molar refractivity (Wildman–Crippen MR) is 68.1 cm³/mol. The van der Waals surface area contributed by atoms with Crippen molar-refractivity contribution in [2.75, 3.05) is 13.7 Å². The largest absolute Gasteiger partial charge is 0.501 e. The standard InChI is InChI=1S/C13H16N4O/c1-14-13(10-3-2-6-18-9-10)11-7-16-17-5-4-15-8-12(11)17/h4-5,7-9,13-14H,2-3,6H2,1H3. The molecule has 18 heavy (non-hydrogen) atoms. The number of rotatable bonds is 3. The van der Waals surface area contributed by atoms with Gasteiger partial charge in [-0.2, -0.15) is 5.10 Å². The van der Waals surface area contributed by atoms with E-state index in [0.29, 0.717) is 0 Å². The van der Waals surface area contributed by atoms with Crippen LogP contribution < -0.4 is 5.32 Å². The Morgan fingerprint density at radius 1 is 1.44 bits per heavy atom. The molecule has 0 spiro atoms. The van der Waals surface area contributed by atoms with Gasteiger partial charge >= 0.3 is 0 Å². The van der Waals surface area contributed by atoms with Gasteiger partial charge in [-0.25, -0.2) is 4.52 Å². The minimum Gasteiger partial charge on any atom is -0.501 e. The molecule has 1 aliphatic heterocycles. The van der Waals surface area contributed by atoms with Crippen molar-refractivity contribution >= 4 is 5.52 Å². The molecule has 1 atom stereocenters. The number of hydrogen-bond donors (Lipinski definition) is 1. The highest BCUT2D eigenvalue weighted by Gasteiger charge is 2.20. The van der Waals surface area contributed by atoms with Crippen molar-refractivity contribution in [2.45, 2.75) is 18.9 Å². The zero-order chi connectivity index (χ0) is 12.4. The maximum atomic E-state index is 5.43. The molecule has 0 aliphatic carbocycles. The van der Waals surface area contributed by atoms with Crippen molar-refractivity contribution in [3.8, 4) is 0 Å². The van der Waals surface area contributed by atoms with Gasteiger partial charge in [-0.15, -0.1) is 0 Å². The summed E-state index contributed by atoms with van der Waals surface area (Å²) in [5, 5.41) is 7.69. The average Bonchev–Trinajstić information content (AvgIpc) is 2.85. The van der Waals surface area contributed by atoms with E-state index in [9.17, 15) is 0 Å². The lowest BCUT2D eigenvalue weighted by molar-refractivity contribution is 0.220. The second-order valence-electron chi connectivity index (χ2n) is 4.39. The van der Waals surface area contributed by atoms with Crippen LogP contribution in [0.2, 0.25) is 0 Å². The summed E-state index contributed by atoms with van der Waals surface area (Å²) < 4.78 is 7.27. The first kappa shape index (κ1) is 11.2. The highest BCUT2D eigenvalue weighted by molar-refractivity contribution is 5.55. The van der Waals surface area contributed by atoms with Crippen LogP contribution in [0.4, 0.5) is 0 Å². The summed E-state index contributed by atoms with van der Waals surface area (Å²) in [5.41, 5.74) is 3.44. The monoisotopic (exact) mass is 244 g/mol. The molecule has 2 aromatic rings. The topological polar surface area (TPSA) is 51.5 Å². The van der Waals surface area contributed by atoms with Crippen LogP contribution in [-0.4, -0.2) is 28.3 Å². The number of likely N-dealkylation sites (N-methyl/N-ethyl adjacent to an activating group) is 1. The third-order valence-electron chi connectivity index (χ3n) is 3.29. The van der Waals surface area contributed by atoms with E-state index in [1.54, 1.807) is 6.20 Å². The van der Waals surface area contributed by atoms with Crippen molar-refractivity contribution in [3.05, 3.63) is 42.2 Å². The van der Waals surface area contributed by atoms with Crippen molar-refractivity contribution < 1.29 is 4.74 Å². The lowest BCUT2D eigenvalue weighted by Gasteiger charge is -2.22. The van der Waals surface area contributed by atoms with Crippen LogP contribution >= 0.6 is 0 Å². The first-order chi connectivity index (χ1) is 8.90. The summed E-state index contributed by atoms with van der Waals surface area (Å²) in [6.45, 7) is 0.816. The van der Waals surface area contributed by atoms with Gasteiger partial charge in [0.15, 0.2) is 0 Å². The quantitative estimate of drug-likeness (QED) is 0.892. The average molecular weight is 244 g/mol. The minimum atomic E-state index is 0.145. The van der Waals surface area contributed by atoms with Gasteiger partial charge < -0.3 is 10.1 Å². The summed E-state index contributed by atoms with van der Waals surface area (Å²) >= 11 is 0. The van der Waals surface area contributed by atoms with E-state index in [1.165, 1.54) is 5.57 Å². The Morgan fingerprint density at radius 3 is 3.17 bits per heavy atom. The summed E-state index contributed by atoms with van der Waals surface area (Å²) in [6, 6.07) is 0.145. The van der Waals surface area contributed by atoms with E-state index in [1.807, 2.05) is 36.4 Å². The van der Waals surface area contributed by atoms with Gasteiger partial charge in [0.2, 0.25) is 0 Å². The number of hydrogen-bond acceptors (Lipinski definition) is 4. The van der Waals surface area contributed by atoms with E-state index in [-0.39, 0.29) is 6.04 Å². The molecule has 0 bridgehead atoms. The number of nitrogens with zero attached hydrogens (tertiary/aromatic N) is 3. The van der Waals surface area contributed by atoms with Crippen molar-refractivity contribution in [1.82, 2.24) is 19.9 Å². The number of ether oxygens (including phenoxy) is 1. The zero-order valence-electron chi connectivity index (χ0n) is 10.3. The molecule has 1 unspecified atom stereocenters. The van der Waals surface area contributed by atoms with Crippen LogP contribution in [0.5, 0.6) is 0 Å². The van der Waals surface area contributed by atoms with Gasteiger partial charge in [0.1, 0.15) is 0 Å². The molecule has 0 radical (unpaired) electrons. The Bertz CT molecular complexity index is 575. The Balaban J connectivity index is 2.03. The smallest absolute Gasteiger partial charge is 0.0896 e. The molecule has 0 saturated carbocycles. The summed E-state index contributed by atoms with van der Waals surface area (Å²) in [4.78, 5) is 4.17. The van der Waals surface area contributed by atoms with Crippen LogP contribution in [0, 0.1) is 0 Å². The first-order valence-electron chi connectivity index (χ1n) is 6.15. The lowest BCUT2D eigenvalue weighted by atomic mass is 9.96. The fourth-order valence-electron chi connectivity index (χ4n) is 2.41. The van der Waals surface area contributed by atoms with Gasteiger partial charge in [0.25, 0.3) is 0 Å². The molecule has 3 heterocycles. The third-order valence-corrected chi connectivity index (χ3v) is 3.29. The van der Waals surface area contributed by atoms with Crippen LogP contribution in [0.3, 0.4) is 0 Å². The van der Waals surface area contributed by atoms with E-state index in [2.05, 4.69) is 15.4 Å². The molecule has 0 amide bonds. The fraction of sp³-hybridized carbons (Fsp3) is 0.385. The summed E-state index contributed by atoms with van der Waals surface area (Å²) in [6.07, 6.45) is 11.3. The predicted octanol–water partition coefficient (Wildman–Crippen LogP) is 1.68. The van der Waals surface area contributed by atoms with Crippen LogP contribution in [-0.2, 0) is 4.74 Å². The summed E-state index contributed by atoms with van der Waals surface area (Å²) in [7, 11) is 1.96. The molecule has 1 aliphatic rings. The van der Waals surface area contributed by atoms with E-state index in [4.69, 9.17) is 4.74 Å². The van der Waals surface area contributed by atoms with Crippen molar-refractivity contribution in [3.63, 3.8) is 0 Å². The molecule has 94 valence electrons. The Kier molecular flexibility index (Phi) is 2.98. The molecule has 0 saturated heterocycles. The molecule has 2 aromatic heterocycles. The molecule has 3 rings (SSSR count). The Morgan fingerprint density at radius 2 is 2.39 bits per heavy atom. The maximum absolute atomic E-state index is 5.43. The summed E-state index contributed by atoms with van der Waals surface area (Å²) in [5.74, 6) is 0. The van der Waals surface area contributed by atoms with Crippen molar-refractivity contribution in [2.24, 2.45) is 0 Å².